The van der Waals surface area contributed by atoms with Crippen molar-refractivity contribution >= 4 is 9.84 Å². The number of ether oxygens (including phenoxy) is 2. The lowest BCUT2D eigenvalue weighted by molar-refractivity contribution is 0.0255. The summed E-state index contributed by atoms with van der Waals surface area (Å²) in [5, 5.41) is 0. The summed E-state index contributed by atoms with van der Waals surface area (Å²) >= 11 is 0. The zero-order valence-corrected chi connectivity index (χ0v) is 19.2. The lowest BCUT2D eigenvalue weighted by atomic mass is 9.80. The molecule has 1 aliphatic heterocycles. The van der Waals surface area contributed by atoms with Crippen LogP contribution >= 0.6 is 0 Å². The topological polar surface area (TPSA) is 52.6 Å². The second kappa shape index (κ2) is 9.82. The van der Waals surface area contributed by atoms with Gasteiger partial charge in [0.15, 0.2) is 9.84 Å². The second-order valence-electron chi connectivity index (χ2n) is 9.89. The average Bonchev–Trinajstić information content (AvgIpc) is 2.68. The third kappa shape index (κ3) is 6.71. The van der Waals surface area contributed by atoms with Gasteiger partial charge in [0.05, 0.1) is 23.7 Å². The van der Waals surface area contributed by atoms with E-state index < -0.39 is 14.6 Å². The molecular weight excluding hydrogens is 384 g/mol. The van der Waals surface area contributed by atoms with Crippen molar-refractivity contribution < 1.29 is 17.9 Å². The minimum absolute atomic E-state index is 0.284. The number of benzene rings is 1. The van der Waals surface area contributed by atoms with Crippen molar-refractivity contribution in [1.82, 2.24) is 0 Å². The molecule has 1 aromatic rings. The molecule has 2 fully saturated rings. The van der Waals surface area contributed by atoms with Gasteiger partial charge in [0, 0.05) is 12.8 Å². The third-order valence-electron chi connectivity index (χ3n) is 6.59. The van der Waals surface area contributed by atoms with E-state index in [1.807, 2.05) is 20.8 Å². The molecule has 2 aliphatic rings. The lowest BCUT2D eigenvalue weighted by Gasteiger charge is -2.30. The zero-order valence-electron chi connectivity index (χ0n) is 18.4. The first-order chi connectivity index (χ1) is 13.7. The number of sulfone groups is 1. The number of aryl methyl sites for hydroxylation is 1. The Kier molecular flexibility index (Phi) is 7.66. The summed E-state index contributed by atoms with van der Waals surface area (Å²) in [6.45, 7) is 7.04. The smallest absolute Gasteiger partial charge is 0.155 e. The lowest BCUT2D eigenvalue weighted by Crippen LogP contribution is -2.34. The molecule has 0 N–H and O–H groups in total. The Labute approximate surface area is 177 Å². The van der Waals surface area contributed by atoms with Gasteiger partial charge >= 0.3 is 0 Å². The summed E-state index contributed by atoms with van der Waals surface area (Å²) in [4.78, 5) is 0. The van der Waals surface area contributed by atoms with Gasteiger partial charge in [-0.15, -0.1) is 0 Å². The summed E-state index contributed by atoms with van der Waals surface area (Å²) in [6, 6.07) is 8.57. The summed E-state index contributed by atoms with van der Waals surface area (Å²) in [6.07, 6.45) is 8.95. The molecule has 0 radical (unpaired) electrons. The Bertz CT molecular complexity index is 719. The molecule has 4 nitrogen and oxygen atoms in total. The van der Waals surface area contributed by atoms with Crippen molar-refractivity contribution in [3.8, 4) is 5.75 Å². The molecular formula is C24H38O4S. The van der Waals surface area contributed by atoms with Crippen LogP contribution in [0.2, 0.25) is 0 Å². The van der Waals surface area contributed by atoms with Gasteiger partial charge in [-0.3, -0.25) is 0 Å². The van der Waals surface area contributed by atoms with Crippen LogP contribution in [0.15, 0.2) is 24.3 Å². The van der Waals surface area contributed by atoms with Crippen molar-refractivity contribution in [3.05, 3.63) is 29.8 Å². The molecule has 164 valence electrons. The molecule has 1 aliphatic carbocycles. The first-order valence-electron chi connectivity index (χ1n) is 11.3. The van der Waals surface area contributed by atoms with E-state index in [4.69, 9.17) is 9.47 Å². The van der Waals surface area contributed by atoms with Crippen molar-refractivity contribution in [3.63, 3.8) is 0 Å². The molecule has 5 heteroatoms. The molecule has 0 bridgehead atoms. The molecule has 1 saturated heterocycles. The average molecular weight is 423 g/mol. The maximum Gasteiger partial charge on any atom is 0.155 e. The molecule has 1 heterocycles. The van der Waals surface area contributed by atoms with Crippen LogP contribution in [-0.2, 0) is 21.0 Å². The van der Waals surface area contributed by atoms with Crippen LogP contribution in [0.25, 0.3) is 0 Å². The van der Waals surface area contributed by atoms with Gasteiger partial charge in [0.1, 0.15) is 11.9 Å². The number of rotatable bonds is 7. The van der Waals surface area contributed by atoms with Crippen LogP contribution < -0.4 is 4.74 Å². The molecule has 1 saturated carbocycles. The summed E-state index contributed by atoms with van der Waals surface area (Å²) in [5.41, 5.74) is 1.36. The van der Waals surface area contributed by atoms with E-state index in [1.54, 1.807) is 0 Å². The van der Waals surface area contributed by atoms with E-state index in [-0.39, 0.29) is 6.10 Å². The molecule has 3 rings (SSSR count). The normalized spacial score (nSPS) is 24.4. The monoisotopic (exact) mass is 422 g/mol. The van der Waals surface area contributed by atoms with E-state index >= 15 is 0 Å². The largest absolute Gasteiger partial charge is 0.490 e. The van der Waals surface area contributed by atoms with Gasteiger partial charge in [-0.1, -0.05) is 25.0 Å². The minimum atomic E-state index is -3.00. The van der Waals surface area contributed by atoms with Crippen molar-refractivity contribution in [2.24, 2.45) is 11.8 Å². The molecule has 0 aromatic heterocycles. The van der Waals surface area contributed by atoms with Gasteiger partial charge in [-0.05, 0) is 76.0 Å². The Morgan fingerprint density at radius 3 is 2.10 bits per heavy atom. The Hall–Kier alpha value is -1.07. The highest BCUT2D eigenvalue weighted by Crippen LogP contribution is 2.34. The van der Waals surface area contributed by atoms with Crippen molar-refractivity contribution in [2.75, 3.05) is 19.0 Å². The third-order valence-corrected chi connectivity index (χ3v) is 9.37. The molecule has 0 spiro atoms. The number of hydrogen-bond donors (Lipinski definition) is 0. The second-order valence-corrected chi connectivity index (χ2v) is 12.7. The van der Waals surface area contributed by atoms with Gasteiger partial charge in [-0.25, -0.2) is 8.42 Å². The molecule has 1 aromatic carbocycles. The van der Waals surface area contributed by atoms with Crippen molar-refractivity contribution in [1.29, 1.82) is 0 Å². The van der Waals surface area contributed by atoms with Crippen LogP contribution in [0.1, 0.15) is 71.3 Å². The fourth-order valence-corrected chi connectivity index (χ4v) is 5.79. The highest BCUT2D eigenvalue weighted by molar-refractivity contribution is 7.92. The maximum atomic E-state index is 12.4. The predicted molar refractivity (Wildman–Crippen MR) is 118 cm³/mol. The van der Waals surface area contributed by atoms with Crippen LogP contribution in [0.5, 0.6) is 5.75 Å². The fraction of sp³-hybridized carbons (Fsp3) is 0.750. The molecule has 29 heavy (non-hydrogen) atoms. The Morgan fingerprint density at radius 2 is 1.52 bits per heavy atom. The van der Waals surface area contributed by atoms with Crippen LogP contribution in [0, 0.1) is 11.8 Å². The minimum Gasteiger partial charge on any atom is -0.490 e. The first kappa shape index (κ1) is 22.6. The standard InChI is InChI=1S/C24H38O4S/c1-24(2,3)29(25,26)18-21-8-6-19(7-9-21)4-5-20-10-12-22(13-11-20)28-23-14-16-27-17-15-23/h10-13,19,21,23H,4-9,14-18H2,1-3H3. The Balaban J connectivity index is 1.39. The zero-order chi connectivity index (χ0) is 20.9. The summed E-state index contributed by atoms with van der Waals surface area (Å²) in [5.74, 6) is 2.39. The highest BCUT2D eigenvalue weighted by Gasteiger charge is 2.33. The molecule has 0 atom stereocenters. The van der Waals surface area contributed by atoms with Gasteiger partial charge in [0.25, 0.3) is 0 Å². The quantitative estimate of drug-likeness (QED) is 0.606. The van der Waals surface area contributed by atoms with Gasteiger partial charge in [0.2, 0.25) is 0 Å². The van der Waals surface area contributed by atoms with E-state index in [1.165, 1.54) is 12.0 Å². The molecule has 0 unspecified atom stereocenters. The highest BCUT2D eigenvalue weighted by atomic mass is 32.2. The fourth-order valence-electron chi connectivity index (χ4n) is 4.34. The van der Waals surface area contributed by atoms with E-state index in [0.717, 1.165) is 69.8 Å². The van der Waals surface area contributed by atoms with Gasteiger partial charge < -0.3 is 9.47 Å². The van der Waals surface area contributed by atoms with Crippen LogP contribution in [0.4, 0.5) is 0 Å². The van der Waals surface area contributed by atoms with Crippen LogP contribution in [-0.4, -0.2) is 38.2 Å². The molecule has 0 amide bonds. The summed E-state index contributed by atoms with van der Waals surface area (Å²) < 4.78 is 35.7. The predicted octanol–water partition coefficient (Wildman–Crippen LogP) is 5.20. The van der Waals surface area contributed by atoms with E-state index in [9.17, 15) is 8.42 Å². The number of hydrogen-bond acceptors (Lipinski definition) is 4. The van der Waals surface area contributed by atoms with Gasteiger partial charge in [-0.2, -0.15) is 0 Å². The Morgan fingerprint density at radius 1 is 0.931 bits per heavy atom. The van der Waals surface area contributed by atoms with E-state index in [0.29, 0.717) is 11.7 Å². The SMILES string of the molecule is CC(C)(C)S(=O)(=O)CC1CCC(CCc2ccc(OC3CCOCC3)cc2)CC1. The maximum absolute atomic E-state index is 12.4. The first-order valence-corrected chi connectivity index (χ1v) is 12.9. The summed E-state index contributed by atoms with van der Waals surface area (Å²) in [7, 11) is -3.00. The van der Waals surface area contributed by atoms with Crippen LogP contribution in [0.3, 0.4) is 0 Å². The van der Waals surface area contributed by atoms with Crippen molar-refractivity contribution in [2.45, 2.75) is 83.0 Å². The van der Waals surface area contributed by atoms with E-state index in [2.05, 4.69) is 24.3 Å².